The Hall–Kier alpha value is -2.62. The molecular weight excluding hydrogens is 420 g/mol. The molecule has 1 aliphatic rings. The zero-order valence-electron chi connectivity index (χ0n) is 16.5. The van der Waals surface area contributed by atoms with E-state index in [4.69, 9.17) is 0 Å². The molecule has 3 aromatic rings. The van der Waals surface area contributed by atoms with Gasteiger partial charge in [0.1, 0.15) is 0 Å². The Morgan fingerprint density at radius 2 is 1.90 bits per heavy atom. The van der Waals surface area contributed by atoms with Gasteiger partial charge >= 0.3 is 0 Å². The van der Waals surface area contributed by atoms with Gasteiger partial charge in [0.2, 0.25) is 10.0 Å². The summed E-state index contributed by atoms with van der Waals surface area (Å²) in [5, 5.41) is 5.11. The Balaban J connectivity index is 1.45. The van der Waals surface area contributed by atoms with Crippen molar-refractivity contribution in [3.63, 3.8) is 0 Å². The van der Waals surface area contributed by atoms with Crippen molar-refractivity contribution < 1.29 is 13.2 Å². The van der Waals surface area contributed by atoms with Crippen molar-refractivity contribution in [2.24, 2.45) is 5.92 Å². The standard InChI is InChI=1S/C21H22N4O3S2/c1-15-3-2-12-25(13-15)30(27,28)18-6-4-17(5-7-18)20(26)24-21-23-19(14-29-21)16-8-10-22-11-9-16/h4-11,14-15H,2-3,12-13H2,1H3,(H,23,24,26). The largest absolute Gasteiger partial charge is 0.298 e. The molecule has 1 fully saturated rings. The van der Waals surface area contributed by atoms with E-state index >= 15 is 0 Å². The number of thiazole rings is 1. The lowest BCUT2D eigenvalue weighted by Crippen LogP contribution is -2.39. The molecule has 156 valence electrons. The van der Waals surface area contributed by atoms with E-state index in [1.165, 1.54) is 39.9 Å². The topological polar surface area (TPSA) is 92.3 Å². The molecule has 0 radical (unpaired) electrons. The van der Waals surface area contributed by atoms with E-state index in [2.05, 4.69) is 22.2 Å². The summed E-state index contributed by atoms with van der Waals surface area (Å²) >= 11 is 1.33. The predicted octanol–water partition coefficient (Wildman–Crippen LogP) is 3.88. The fraction of sp³-hybridized carbons (Fsp3) is 0.286. The molecule has 0 spiro atoms. The highest BCUT2D eigenvalue weighted by Gasteiger charge is 2.28. The van der Waals surface area contributed by atoms with Gasteiger partial charge in [0.25, 0.3) is 5.91 Å². The lowest BCUT2D eigenvalue weighted by molar-refractivity contribution is 0.102. The van der Waals surface area contributed by atoms with E-state index in [1.54, 1.807) is 12.4 Å². The molecule has 9 heteroatoms. The molecular formula is C21H22N4O3S2. The highest BCUT2D eigenvalue weighted by molar-refractivity contribution is 7.89. The van der Waals surface area contributed by atoms with Crippen LogP contribution in [0.15, 0.2) is 59.1 Å². The molecule has 0 aliphatic carbocycles. The first-order valence-electron chi connectivity index (χ1n) is 9.71. The van der Waals surface area contributed by atoms with Crippen molar-refractivity contribution in [1.82, 2.24) is 14.3 Å². The molecule has 1 saturated heterocycles. The Morgan fingerprint density at radius 3 is 2.60 bits per heavy atom. The Bertz CT molecular complexity index is 1130. The van der Waals surface area contributed by atoms with Crippen LogP contribution in [-0.2, 0) is 10.0 Å². The lowest BCUT2D eigenvalue weighted by Gasteiger charge is -2.30. The fourth-order valence-electron chi connectivity index (χ4n) is 3.45. The smallest absolute Gasteiger partial charge is 0.257 e. The number of benzene rings is 1. The molecule has 1 aliphatic heterocycles. The second-order valence-electron chi connectivity index (χ2n) is 7.36. The number of carbonyl (C=O) groups excluding carboxylic acids is 1. The van der Waals surface area contributed by atoms with Gasteiger partial charge in [-0.25, -0.2) is 13.4 Å². The van der Waals surface area contributed by atoms with Crippen LogP contribution in [0.5, 0.6) is 0 Å². The van der Waals surface area contributed by atoms with Crippen molar-refractivity contribution in [2.75, 3.05) is 18.4 Å². The second-order valence-corrected chi connectivity index (χ2v) is 10.2. The summed E-state index contributed by atoms with van der Waals surface area (Å²) in [5.41, 5.74) is 2.06. The van der Waals surface area contributed by atoms with Crippen molar-refractivity contribution in [1.29, 1.82) is 0 Å². The minimum Gasteiger partial charge on any atom is -0.298 e. The van der Waals surface area contributed by atoms with Crippen LogP contribution in [0.25, 0.3) is 11.3 Å². The van der Waals surface area contributed by atoms with E-state index in [1.807, 2.05) is 17.5 Å². The van der Waals surface area contributed by atoms with E-state index in [9.17, 15) is 13.2 Å². The van der Waals surface area contributed by atoms with Gasteiger partial charge in [-0.15, -0.1) is 11.3 Å². The van der Waals surface area contributed by atoms with E-state index < -0.39 is 10.0 Å². The molecule has 1 atom stereocenters. The first-order chi connectivity index (χ1) is 14.4. The summed E-state index contributed by atoms with van der Waals surface area (Å²) in [6.07, 6.45) is 5.29. The quantitative estimate of drug-likeness (QED) is 0.647. The van der Waals surface area contributed by atoms with Gasteiger partial charge in [-0.3, -0.25) is 15.1 Å². The molecule has 30 heavy (non-hydrogen) atoms. The highest BCUT2D eigenvalue weighted by atomic mass is 32.2. The Morgan fingerprint density at radius 1 is 1.17 bits per heavy atom. The number of rotatable bonds is 5. The number of nitrogens with one attached hydrogen (secondary N) is 1. The molecule has 1 aromatic carbocycles. The number of amides is 1. The molecule has 2 aromatic heterocycles. The molecule has 1 N–H and O–H groups in total. The van der Waals surface area contributed by atoms with E-state index in [0.717, 1.165) is 24.1 Å². The number of pyridine rings is 1. The van der Waals surface area contributed by atoms with Crippen molar-refractivity contribution in [3.05, 3.63) is 59.7 Å². The van der Waals surface area contributed by atoms with E-state index in [0.29, 0.717) is 29.7 Å². The van der Waals surface area contributed by atoms with Crippen LogP contribution in [0.1, 0.15) is 30.1 Å². The zero-order valence-corrected chi connectivity index (χ0v) is 18.1. The van der Waals surface area contributed by atoms with Crippen LogP contribution in [0.3, 0.4) is 0 Å². The molecule has 4 rings (SSSR count). The van der Waals surface area contributed by atoms with Gasteiger partial charge in [-0.1, -0.05) is 6.92 Å². The molecule has 0 saturated carbocycles. The fourth-order valence-corrected chi connectivity index (χ4v) is 5.76. The normalized spacial score (nSPS) is 17.6. The number of anilines is 1. The second kappa shape index (κ2) is 8.63. The number of aromatic nitrogens is 2. The zero-order chi connectivity index (χ0) is 21.1. The van der Waals surface area contributed by atoms with Crippen molar-refractivity contribution in [2.45, 2.75) is 24.7 Å². The van der Waals surface area contributed by atoms with Crippen LogP contribution >= 0.6 is 11.3 Å². The lowest BCUT2D eigenvalue weighted by atomic mass is 10.0. The van der Waals surface area contributed by atoms with Gasteiger partial charge in [-0.2, -0.15) is 4.31 Å². The number of carbonyl (C=O) groups is 1. The first-order valence-corrected chi connectivity index (χ1v) is 12.0. The van der Waals surface area contributed by atoms with Crippen LogP contribution in [0.2, 0.25) is 0 Å². The summed E-state index contributed by atoms with van der Waals surface area (Å²) < 4.78 is 27.2. The molecule has 1 amide bonds. The van der Waals surface area contributed by atoms with Crippen LogP contribution in [0.4, 0.5) is 5.13 Å². The summed E-state index contributed by atoms with van der Waals surface area (Å²) in [4.78, 5) is 21.2. The average Bonchev–Trinajstić information content (AvgIpc) is 3.23. The SMILES string of the molecule is CC1CCCN(S(=O)(=O)c2ccc(C(=O)Nc3nc(-c4ccncc4)cs3)cc2)C1. The third kappa shape index (κ3) is 4.43. The summed E-state index contributed by atoms with van der Waals surface area (Å²) in [7, 11) is -3.54. The predicted molar refractivity (Wildman–Crippen MR) is 117 cm³/mol. The van der Waals surface area contributed by atoms with E-state index in [-0.39, 0.29) is 10.8 Å². The van der Waals surface area contributed by atoms with Gasteiger partial charge in [0.15, 0.2) is 5.13 Å². The average molecular weight is 443 g/mol. The van der Waals surface area contributed by atoms with Crippen LogP contribution in [-0.4, -0.2) is 41.7 Å². The number of sulfonamides is 1. The van der Waals surface area contributed by atoms with Gasteiger partial charge in [-0.05, 0) is 55.2 Å². The van der Waals surface area contributed by atoms with Crippen LogP contribution < -0.4 is 5.32 Å². The number of hydrogen-bond donors (Lipinski definition) is 1. The molecule has 1 unspecified atom stereocenters. The first kappa shape index (κ1) is 20.6. The monoisotopic (exact) mass is 442 g/mol. The highest BCUT2D eigenvalue weighted by Crippen LogP contribution is 2.26. The maximum Gasteiger partial charge on any atom is 0.257 e. The minimum absolute atomic E-state index is 0.211. The summed E-state index contributed by atoms with van der Waals surface area (Å²) in [5.74, 6) is 0.0232. The summed E-state index contributed by atoms with van der Waals surface area (Å²) in [6, 6.07) is 9.76. The van der Waals surface area contributed by atoms with Gasteiger partial charge < -0.3 is 0 Å². The Kier molecular flexibility index (Phi) is 5.94. The number of nitrogens with zero attached hydrogens (tertiary/aromatic N) is 3. The molecule has 0 bridgehead atoms. The molecule has 3 heterocycles. The number of piperidine rings is 1. The molecule has 7 nitrogen and oxygen atoms in total. The summed E-state index contributed by atoms with van der Waals surface area (Å²) in [6.45, 7) is 3.14. The van der Waals surface area contributed by atoms with Gasteiger partial charge in [0.05, 0.1) is 10.6 Å². The van der Waals surface area contributed by atoms with Crippen LogP contribution in [0, 0.1) is 5.92 Å². The maximum atomic E-state index is 12.9. The third-order valence-electron chi connectivity index (χ3n) is 5.07. The Labute approximate surface area is 179 Å². The maximum absolute atomic E-state index is 12.9. The van der Waals surface area contributed by atoms with Gasteiger partial charge in [0, 0.05) is 42.0 Å². The number of hydrogen-bond acceptors (Lipinski definition) is 6. The van der Waals surface area contributed by atoms with Crippen molar-refractivity contribution in [3.8, 4) is 11.3 Å². The van der Waals surface area contributed by atoms with Crippen molar-refractivity contribution >= 4 is 32.4 Å². The minimum atomic E-state index is -3.54. The third-order valence-corrected chi connectivity index (χ3v) is 7.71.